The van der Waals surface area contributed by atoms with Crippen LogP contribution in [0.3, 0.4) is 0 Å². The highest BCUT2D eigenvalue weighted by molar-refractivity contribution is 7.95. The van der Waals surface area contributed by atoms with Gasteiger partial charge < -0.3 is 9.64 Å². The van der Waals surface area contributed by atoms with Crippen molar-refractivity contribution in [2.45, 2.75) is 26.4 Å². The van der Waals surface area contributed by atoms with Gasteiger partial charge in [0, 0.05) is 39.3 Å². The van der Waals surface area contributed by atoms with Gasteiger partial charge in [0.2, 0.25) is 0 Å². The van der Waals surface area contributed by atoms with Crippen molar-refractivity contribution in [3.8, 4) is 0 Å². The largest absolute Gasteiger partial charge is 0.444 e. The van der Waals surface area contributed by atoms with Gasteiger partial charge in [-0.3, -0.25) is 4.90 Å². The molecule has 0 saturated carbocycles. The van der Waals surface area contributed by atoms with Gasteiger partial charge in [-0.15, -0.1) is 0 Å². The highest BCUT2D eigenvalue weighted by Crippen LogP contribution is 2.46. The Kier molecular flexibility index (Phi) is 6.62. The fraction of sp³-hybridized carbons (Fsp3) is 0.435. The molecule has 2 aliphatic rings. The molecule has 1 amide bonds. The van der Waals surface area contributed by atoms with E-state index in [0.29, 0.717) is 48.8 Å². The maximum Gasteiger partial charge on any atom is 0.410 e. The lowest BCUT2D eigenvalue weighted by molar-refractivity contribution is 0.0148. The summed E-state index contributed by atoms with van der Waals surface area (Å²) in [5, 5.41) is 0. The van der Waals surface area contributed by atoms with Gasteiger partial charge >= 0.3 is 16.3 Å². The standard InChI is InChI=1S/C23H27F3N4O4S/c1-23(2,3)34-22(31)28-13-10-27(11-14-28)12-15-29-17-6-4-5-7-18(17)30(35(29,32)33)19-9-8-16(24)20(25)21(19)26/h4-9H,10-15H2,1-3H3. The summed E-state index contributed by atoms with van der Waals surface area (Å²) in [6.45, 7) is 7.71. The van der Waals surface area contributed by atoms with E-state index in [2.05, 4.69) is 0 Å². The predicted molar refractivity (Wildman–Crippen MR) is 125 cm³/mol. The smallest absolute Gasteiger partial charge is 0.410 e. The first kappa shape index (κ1) is 25.1. The number of benzene rings is 2. The van der Waals surface area contributed by atoms with Gasteiger partial charge in [0.1, 0.15) is 5.60 Å². The first-order chi connectivity index (χ1) is 16.4. The second-order valence-electron chi connectivity index (χ2n) is 9.34. The van der Waals surface area contributed by atoms with Gasteiger partial charge in [0.15, 0.2) is 17.5 Å². The molecule has 4 rings (SSSR count). The Balaban J connectivity index is 1.49. The summed E-state index contributed by atoms with van der Waals surface area (Å²) in [6.07, 6.45) is -0.391. The molecule has 12 heteroatoms. The van der Waals surface area contributed by atoms with E-state index >= 15 is 0 Å². The molecule has 190 valence electrons. The topological polar surface area (TPSA) is 73.4 Å². The van der Waals surface area contributed by atoms with E-state index in [1.165, 1.54) is 6.07 Å². The molecule has 2 aliphatic heterocycles. The average Bonchev–Trinajstić information content (AvgIpc) is 3.01. The van der Waals surface area contributed by atoms with Crippen LogP contribution in [0.2, 0.25) is 0 Å². The third-order valence-corrected chi connectivity index (χ3v) is 7.55. The van der Waals surface area contributed by atoms with Crippen molar-refractivity contribution in [3.05, 3.63) is 53.8 Å². The number of amides is 1. The van der Waals surface area contributed by atoms with Crippen molar-refractivity contribution < 1.29 is 31.1 Å². The highest BCUT2D eigenvalue weighted by Gasteiger charge is 2.43. The molecule has 0 spiro atoms. The summed E-state index contributed by atoms with van der Waals surface area (Å²) >= 11 is 0. The molecule has 2 heterocycles. The summed E-state index contributed by atoms with van der Waals surface area (Å²) in [5.41, 5.74) is -0.731. The zero-order chi connectivity index (χ0) is 25.5. The molecule has 0 aromatic heterocycles. The van der Waals surface area contributed by atoms with Crippen LogP contribution in [0, 0.1) is 17.5 Å². The lowest BCUT2D eigenvalue weighted by Crippen LogP contribution is -2.51. The maximum atomic E-state index is 14.6. The monoisotopic (exact) mass is 512 g/mol. The number of rotatable bonds is 4. The minimum absolute atomic E-state index is 0.0492. The van der Waals surface area contributed by atoms with Crippen LogP contribution in [0.1, 0.15) is 20.8 Å². The number of hydrogen-bond acceptors (Lipinski definition) is 5. The lowest BCUT2D eigenvalue weighted by Gasteiger charge is -2.36. The van der Waals surface area contributed by atoms with E-state index in [1.807, 2.05) is 4.90 Å². The summed E-state index contributed by atoms with van der Waals surface area (Å²) in [4.78, 5) is 15.9. The predicted octanol–water partition coefficient (Wildman–Crippen LogP) is 3.86. The van der Waals surface area contributed by atoms with E-state index in [-0.39, 0.29) is 12.2 Å². The molecule has 0 aliphatic carbocycles. The van der Waals surface area contributed by atoms with Gasteiger partial charge in [-0.25, -0.2) is 26.6 Å². The number of fused-ring (bicyclic) bond motifs is 1. The summed E-state index contributed by atoms with van der Waals surface area (Å²) in [5.74, 6) is -4.72. The van der Waals surface area contributed by atoms with Crippen LogP contribution in [-0.4, -0.2) is 69.2 Å². The third-order valence-electron chi connectivity index (χ3n) is 5.76. The van der Waals surface area contributed by atoms with Crippen molar-refractivity contribution in [2.75, 3.05) is 47.9 Å². The Hall–Kier alpha value is -2.99. The fourth-order valence-electron chi connectivity index (χ4n) is 4.07. The molecule has 0 N–H and O–H groups in total. The molecular weight excluding hydrogens is 485 g/mol. The normalized spacial score (nSPS) is 18.1. The van der Waals surface area contributed by atoms with E-state index in [1.54, 1.807) is 43.9 Å². The van der Waals surface area contributed by atoms with Crippen molar-refractivity contribution in [2.24, 2.45) is 0 Å². The SMILES string of the molecule is CC(C)(C)OC(=O)N1CCN(CCN2c3ccccc3N(c3ccc(F)c(F)c3F)S2(=O)=O)CC1. The molecule has 1 fully saturated rings. The van der Waals surface area contributed by atoms with E-state index in [4.69, 9.17) is 4.74 Å². The summed E-state index contributed by atoms with van der Waals surface area (Å²) < 4.78 is 76.0. The number of nitrogens with zero attached hydrogens (tertiary/aromatic N) is 4. The van der Waals surface area contributed by atoms with Crippen LogP contribution in [-0.2, 0) is 14.9 Å². The van der Waals surface area contributed by atoms with Gasteiger partial charge in [0.05, 0.1) is 17.1 Å². The zero-order valence-electron chi connectivity index (χ0n) is 19.7. The number of carbonyl (C=O) groups excluding carboxylic acids is 1. The minimum atomic E-state index is -4.31. The van der Waals surface area contributed by atoms with E-state index in [0.717, 1.165) is 10.4 Å². The Labute approximate surface area is 202 Å². The fourth-order valence-corrected chi connectivity index (χ4v) is 5.77. The Morgan fingerprint density at radius 2 is 1.51 bits per heavy atom. The molecule has 0 unspecified atom stereocenters. The van der Waals surface area contributed by atoms with Gasteiger partial charge in [-0.05, 0) is 45.0 Å². The number of para-hydroxylation sites is 2. The number of ether oxygens (including phenoxy) is 1. The Bertz CT molecular complexity index is 1230. The second kappa shape index (κ2) is 9.23. The maximum absolute atomic E-state index is 14.6. The molecule has 0 atom stereocenters. The molecule has 1 saturated heterocycles. The third kappa shape index (κ3) is 4.90. The molecular formula is C23H27F3N4O4S. The van der Waals surface area contributed by atoms with Crippen LogP contribution in [0.5, 0.6) is 0 Å². The van der Waals surface area contributed by atoms with Crippen LogP contribution >= 0.6 is 0 Å². The van der Waals surface area contributed by atoms with Gasteiger partial charge in [-0.1, -0.05) is 12.1 Å². The first-order valence-electron chi connectivity index (χ1n) is 11.2. The molecule has 2 aromatic rings. The van der Waals surface area contributed by atoms with Crippen LogP contribution < -0.4 is 8.61 Å². The molecule has 35 heavy (non-hydrogen) atoms. The Morgan fingerprint density at radius 3 is 2.14 bits per heavy atom. The Morgan fingerprint density at radius 1 is 0.886 bits per heavy atom. The van der Waals surface area contributed by atoms with Crippen LogP contribution in [0.4, 0.5) is 35.0 Å². The molecule has 8 nitrogen and oxygen atoms in total. The van der Waals surface area contributed by atoms with E-state index in [9.17, 15) is 26.4 Å². The number of halogens is 3. The van der Waals surface area contributed by atoms with Crippen LogP contribution in [0.15, 0.2) is 36.4 Å². The number of piperazine rings is 1. The zero-order valence-corrected chi connectivity index (χ0v) is 20.5. The van der Waals surface area contributed by atoms with Gasteiger partial charge in [0.25, 0.3) is 0 Å². The van der Waals surface area contributed by atoms with E-state index < -0.39 is 45.0 Å². The van der Waals surface area contributed by atoms with Crippen molar-refractivity contribution in [3.63, 3.8) is 0 Å². The first-order valence-corrected chi connectivity index (χ1v) is 12.6. The summed E-state index contributed by atoms with van der Waals surface area (Å²) in [6, 6.07) is 7.88. The molecule has 0 radical (unpaired) electrons. The van der Waals surface area contributed by atoms with Crippen molar-refractivity contribution in [1.29, 1.82) is 0 Å². The second-order valence-corrected chi connectivity index (χ2v) is 11.0. The average molecular weight is 513 g/mol. The molecule has 0 bridgehead atoms. The van der Waals surface area contributed by atoms with Crippen LogP contribution in [0.25, 0.3) is 0 Å². The van der Waals surface area contributed by atoms with Crippen molar-refractivity contribution in [1.82, 2.24) is 9.80 Å². The number of hydrogen-bond donors (Lipinski definition) is 0. The van der Waals surface area contributed by atoms with Crippen molar-refractivity contribution >= 4 is 33.4 Å². The molecule has 2 aromatic carbocycles. The number of carbonyl (C=O) groups is 1. The number of anilines is 3. The quantitative estimate of drug-likeness (QED) is 0.582. The summed E-state index contributed by atoms with van der Waals surface area (Å²) in [7, 11) is -4.31. The van der Waals surface area contributed by atoms with Gasteiger partial charge in [-0.2, -0.15) is 8.42 Å². The lowest BCUT2D eigenvalue weighted by atomic mass is 10.2. The minimum Gasteiger partial charge on any atom is -0.444 e. The highest BCUT2D eigenvalue weighted by atomic mass is 32.2.